The van der Waals surface area contributed by atoms with E-state index in [0.717, 1.165) is 35.0 Å². The largest absolute Gasteiger partial charge is 0.391 e. The van der Waals surface area contributed by atoms with Gasteiger partial charge in [0, 0.05) is 41.6 Å². The van der Waals surface area contributed by atoms with Gasteiger partial charge >= 0.3 is 0 Å². The summed E-state index contributed by atoms with van der Waals surface area (Å²) in [5, 5.41) is 11.8. The molecule has 0 amide bonds. The van der Waals surface area contributed by atoms with Crippen LogP contribution in [0.3, 0.4) is 0 Å². The van der Waals surface area contributed by atoms with Gasteiger partial charge in [-0.05, 0) is 60.1 Å². The van der Waals surface area contributed by atoms with Gasteiger partial charge in [-0.15, -0.1) is 0 Å². The van der Waals surface area contributed by atoms with Crippen LogP contribution in [0.4, 0.5) is 10.1 Å². The molecular weight excluding hydrogens is 303 g/mol. The van der Waals surface area contributed by atoms with Gasteiger partial charge in [0.1, 0.15) is 5.83 Å². The van der Waals surface area contributed by atoms with Crippen LogP contribution in [0.1, 0.15) is 12.0 Å². The third kappa shape index (κ3) is 2.85. The number of nitrogens with one attached hydrogen (secondary N) is 3. The fourth-order valence-electron chi connectivity index (χ4n) is 3.13. The quantitative estimate of drug-likeness (QED) is 0.811. The number of benzene rings is 1. The van der Waals surface area contributed by atoms with Gasteiger partial charge in [0.15, 0.2) is 0 Å². The van der Waals surface area contributed by atoms with E-state index in [9.17, 15) is 4.39 Å². The predicted molar refractivity (Wildman–Crippen MR) is 96.1 cm³/mol. The molecule has 5 heteroatoms. The summed E-state index contributed by atoms with van der Waals surface area (Å²) in [6, 6.07) is 6.26. The molecule has 1 atom stereocenters. The van der Waals surface area contributed by atoms with Gasteiger partial charge in [-0.1, -0.05) is 0 Å². The average molecular weight is 322 g/mol. The number of allylic oxidation sites excluding steroid dienone is 2. The van der Waals surface area contributed by atoms with Gasteiger partial charge in [0.2, 0.25) is 0 Å². The molecule has 3 N–H and O–H groups in total. The molecule has 4 rings (SSSR count). The minimum absolute atomic E-state index is 0.140. The van der Waals surface area contributed by atoms with Crippen LogP contribution >= 0.6 is 0 Å². The summed E-state index contributed by atoms with van der Waals surface area (Å²) in [6.07, 6.45) is 12.3. The van der Waals surface area contributed by atoms with Crippen LogP contribution in [-0.2, 0) is 0 Å². The highest BCUT2D eigenvalue weighted by Crippen LogP contribution is 2.32. The highest BCUT2D eigenvalue weighted by atomic mass is 19.1. The first-order valence-corrected chi connectivity index (χ1v) is 8.14. The van der Waals surface area contributed by atoms with Crippen molar-refractivity contribution in [3.05, 3.63) is 66.5 Å². The Labute approximate surface area is 140 Å². The number of anilines is 1. The lowest BCUT2D eigenvalue weighted by atomic mass is 9.98. The third-order valence-corrected chi connectivity index (χ3v) is 4.37. The molecular formula is C19H19FN4. The number of dihydropyridines is 1. The van der Waals surface area contributed by atoms with Gasteiger partial charge in [-0.3, -0.25) is 4.98 Å². The lowest BCUT2D eigenvalue weighted by Crippen LogP contribution is -2.27. The zero-order chi connectivity index (χ0) is 16.4. The van der Waals surface area contributed by atoms with Gasteiger partial charge in [-0.2, -0.15) is 0 Å². The van der Waals surface area contributed by atoms with Crippen molar-refractivity contribution < 1.29 is 4.39 Å². The number of rotatable bonds is 3. The molecule has 2 aliphatic rings. The van der Waals surface area contributed by atoms with Crippen LogP contribution in [-0.4, -0.2) is 24.1 Å². The van der Waals surface area contributed by atoms with Crippen LogP contribution in [0, 0.1) is 0 Å². The van der Waals surface area contributed by atoms with Crippen molar-refractivity contribution in [3.63, 3.8) is 0 Å². The molecule has 24 heavy (non-hydrogen) atoms. The third-order valence-electron chi connectivity index (χ3n) is 4.37. The maximum atomic E-state index is 14.2. The fourth-order valence-corrected chi connectivity index (χ4v) is 3.13. The van der Waals surface area contributed by atoms with Crippen molar-refractivity contribution in [3.8, 4) is 0 Å². The Morgan fingerprint density at radius 1 is 1.21 bits per heavy atom. The minimum Gasteiger partial charge on any atom is -0.391 e. The molecule has 0 saturated carbocycles. The number of fused-ring (bicyclic) bond motifs is 1. The van der Waals surface area contributed by atoms with Crippen LogP contribution in [0.25, 0.3) is 16.3 Å². The highest BCUT2D eigenvalue weighted by molar-refractivity contribution is 5.97. The molecule has 0 spiro atoms. The molecule has 0 aliphatic carbocycles. The highest BCUT2D eigenvalue weighted by Gasteiger charge is 2.15. The number of pyridine rings is 1. The molecule has 4 nitrogen and oxygen atoms in total. The Morgan fingerprint density at radius 3 is 3.00 bits per heavy atom. The number of nitrogens with zero attached hydrogens (tertiary/aromatic N) is 1. The summed E-state index contributed by atoms with van der Waals surface area (Å²) in [5.41, 5.74) is 2.50. The van der Waals surface area contributed by atoms with E-state index in [4.69, 9.17) is 0 Å². The Morgan fingerprint density at radius 2 is 2.17 bits per heavy atom. The lowest BCUT2D eigenvalue weighted by Gasteiger charge is -2.22. The molecule has 2 aromatic rings. The molecule has 122 valence electrons. The van der Waals surface area contributed by atoms with E-state index in [1.54, 1.807) is 18.5 Å². The summed E-state index contributed by atoms with van der Waals surface area (Å²) >= 11 is 0. The number of halogens is 1. The Balaban J connectivity index is 1.80. The molecule has 3 heterocycles. The molecule has 1 unspecified atom stereocenters. The number of aromatic nitrogens is 1. The van der Waals surface area contributed by atoms with Gasteiger partial charge in [0.05, 0.1) is 6.54 Å². The molecule has 1 aromatic heterocycles. The van der Waals surface area contributed by atoms with Crippen molar-refractivity contribution in [2.45, 2.75) is 12.5 Å². The summed E-state index contributed by atoms with van der Waals surface area (Å²) in [4.78, 5) is 4.24. The first kappa shape index (κ1) is 14.8. The second-order valence-electron chi connectivity index (χ2n) is 6.01. The molecule has 2 aliphatic heterocycles. The Kier molecular flexibility index (Phi) is 3.91. The van der Waals surface area contributed by atoms with E-state index in [1.165, 1.54) is 0 Å². The van der Waals surface area contributed by atoms with Crippen molar-refractivity contribution >= 4 is 22.0 Å². The summed E-state index contributed by atoms with van der Waals surface area (Å²) in [6.45, 7) is 1.18. The zero-order valence-corrected chi connectivity index (χ0v) is 13.2. The maximum Gasteiger partial charge on any atom is 0.127 e. The standard InChI is InChI=1S/C19H19FN4/c20-18-12-23-8-4-16(18)14-9-13-1-5-22-11-17(13)19(10-14)24-15-2-6-21-7-3-15/h1-2,4-6,8-11,15,21,23-24H,3,7,12H2. The van der Waals surface area contributed by atoms with Crippen LogP contribution in [0.2, 0.25) is 0 Å². The molecule has 0 radical (unpaired) electrons. The summed E-state index contributed by atoms with van der Waals surface area (Å²) in [5.74, 6) is -0.140. The van der Waals surface area contributed by atoms with E-state index < -0.39 is 0 Å². The molecule has 0 saturated heterocycles. The Hall–Kier alpha value is -2.82. The predicted octanol–water partition coefficient (Wildman–Crippen LogP) is 3.32. The van der Waals surface area contributed by atoms with Crippen LogP contribution < -0.4 is 16.0 Å². The van der Waals surface area contributed by atoms with Gasteiger partial charge in [-0.25, -0.2) is 4.39 Å². The monoisotopic (exact) mass is 322 g/mol. The van der Waals surface area contributed by atoms with Crippen molar-refractivity contribution in [2.75, 3.05) is 18.4 Å². The van der Waals surface area contributed by atoms with Crippen molar-refractivity contribution in [2.24, 2.45) is 0 Å². The normalized spacial score (nSPS) is 20.0. The van der Waals surface area contributed by atoms with Crippen molar-refractivity contribution in [1.82, 2.24) is 15.6 Å². The van der Waals surface area contributed by atoms with E-state index in [1.807, 2.05) is 30.6 Å². The van der Waals surface area contributed by atoms with Gasteiger partial charge < -0.3 is 16.0 Å². The minimum atomic E-state index is -0.140. The molecule has 1 aromatic carbocycles. The van der Waals surface area contributed by atoms with E-state index >= 15 is 0 Å². The van der Waals surface area contributed by atoms with E-state index in [0.29, 0.717) is 5.57 Å². The topological polar surface area (TPSA) is 49.0 Å². The SMILES string of the molecule is FC1=C(c2cc(NC3C=CNCC3)c3cnccc3c2)C=CNC1. The Bertz CT molecular complexity index is 854. The smallest absolute Gasteiger partial charge is 0.127 e. The fraction of sp³-hybridized carbons (Fsp3) is 0.211. The second-order valence-corrected chi connectivity index (χ2v) is 6.01. The second kappa shape index (κ2) is 6.35. The first-order chi connectivity index (χ1) is 11.8. The first-order valence-electron chi connectivity index (χ1n) is 8.14. The average Bonchev–Trinajstić information content (AvgIpc) is 2.63. The molecule has 0 fully saturated rings. The summed E-state index contributed by atoms with van der Waals surface area (Å²) in [7, 11) is 0. The number of hydrogen-bond acceptors (Lipinski definition) is 4. The van der Waals surface area contributed by atoms with Gasteiger partial charge in [0.25, 0.3) is 0 Å². The van der Waals surface area contributed by atoms with Crippen molar-refractivity contribution in [1.29, 1.82) is 0 Å². The maximum absolute atomic E-state index is 14.2. The lowest BCUT2D eigenvalue weighted by molar-refractivity contribution is 0.599. The van der Waals surface area contributed by atoms with E-state index in [2.05, 4.69) is 27.0 Å². The van der Waals surface area contributed by atoms with E-state index in [-0.39, 0.29) is 18.4 Å². The molecule has 0 bridgehead atoms. The zero-order valence-electron chi connectivity index (χ0n) is 13.2. The van der Waals surface area contributed by atoms with Crippen LogP contribution in [0.5, 0.6) is 0 Å². The number of hydrogen-bond donors (Lipinski definition) is 3. The summed E-state index contributed by atoms with van der Waals surface area (Å²) < 4.78 is 14.2. The van der Waals surface area contributed by atoms with Crippen LogP contribution in [0.15, 0.2) is 61.0 Å².